The average molecular weight is 248 g/mol. The lowest BCUT2D eigenvalue weighted by Crippen LogP contribution is -2.35. The molecule has 0 spiro atoms. The van der Waals surface area contributed by atoms with Crippen LogP contribution in [0.4, 0.5) is 0 Å². The van der Waals surface area contributed by atoms with Gasteiger partial charge in [0, 0.05) is 13.6 Å². The van der Waals surface area contributed by atoms with Crippen molar-refractivity contribution in [2.45, 2.75) is 19.4 Å². The first-order valence-corrected chi connectivity index (χ1v) is 6.38. The summed E-state index contributed by atoms with van der Waals surface area (Å²) in [4.78, 5) is 13.5. The van der Waals surface area contributed by atoms with Crippen molar-refractivity contribution < 1.29 is 9.90 Å². The van der Waals surface area contributed by atoms with E-state index in [1.54, 1.807) is 24.1 Å². The van der Waals surface area contributed by atoms with Gasteiger partial charge in [0.25, 0.3) is 0 Å². The van der Waals surface area contributed by atoms with E-state index in [0.29, 0.717) is 13.1 Å². The molecule has 0 heterocycles. The van der Waals surface area contributed by atoms with Gasteiger partial charge in [0.1, 0.15) is 5.75 Å². The Kier molecular flexibility index (Phi) is 4.20. The van der Waals surface area contributed by atoms with Crippen LogP contribution in [0.25, 0.3) is 0 Å². The fourth-order valence-electron chi connectivity index (χ4n) is 1.80. The first kappa shape index (κ1) is 12.9. The average Bonchev–Trinajstić information content (AvgIpc) is 3.16. The minimum Gasteiger partial charge on any atom is -0.508 e. The minimum atomic E-state index is 0.101. The molecule has 1 amide bonds. The van der Waals surface area contributed by atoms with Crippen LogP contribution in [0, 0.1) is 5.92 Å². The van der Waals surface area contributed by atoms with Crippen LogP contribution in [0.1, 0.15) is 18.4 Å². The molecule has 0 unspecified atom stereocenters. The molecular weight excluding hydrogens is 228 g/mol. The lowest BCUT2D eigenvalue weighted by molar-refractivity contribution is -0.129. The van der Waals surface area contributed by atoms with E-state index in [1.807, 2.05) is 12.1 Å². The number of aromatic hydroxyl groups is 1. The maximum absolute atomic E-state index is 11.8. The number of likely N-dealkylation sites (N-methyl/N-ethyl adjacent to an activating group) is 1. The van der Waals surface area contributed by atoms with Crippen molar-refractivity contribution in [3.05, 3.63) is 29.8 Å². The van der Waals surface area contributed by atoms with Gasteiger partial charge < -0.3 is 15.3 Å². The smallest absolute Gasteiger partial charge is 0.236 e. The molecule has 1 aromatic carbocycles. The molecule has 1 aliphatic carbocycles. The first-order valence-electron chi connectivity index (χ1n) is 6.38. The Morgan fingerprint density at radius 1 is 1.39 bits per heavy atom. The van der Waals surface area contributed by atoms with Crippen LogP contribution in [0.5, 0.6) is 5.75 Å². The fraction of sp³-hybridized carbons (Fsp3) is 0.500. The van der Waals surface area contributed by atoms with E-state index in [1.165, 1.54) is 12.8 Å². The standard InChI is InChI=1S/C14H20N2O2/c1-16(10-12-4-6-13(17)7-5-12)14(18)9-15-8-11-2-3-11/h4-7,11,15,17H,2-3,8-10H2,1H3. The number of phenols is 1. The molecule has 0 atom stereocenters. The van der Waals surface area contributed by atoms with Crippen molar-refractivity contribution in [3.8, 4) is 5.75 Å². The number of carbonyl (C=O) groups is 1. The molecule has 1 saturated carbocycles. The SMILES string of the molecule is CN(Cc1ccc(O)cc1)C(=O)CNCC1CC1. The lowest BCUT2D eigenvalue weighted by Gasteiger charge is -2.17. The Hall–Kier alpha value is -1.55. The highest BCUT2D eigenvalue weighted by Crippen LogP contribution is 2.27. The third-order valence-corrected chi connectivity index (χ3v) is 3.19. The Morgan fingerprint density at radius 2 is 2.06 bits per heavy atom. The molecule has 0 saturated heterocycles. The van der Waals surface area contributed by atoms with Crippen molar-refractivity contribution in [1.29, 1.82) is 0 Å². The van der Waals surface area contributed by atoms with E-state index < -0.39 is 0 Å². The topological polar surface area (TPSA) is 52.6 Å². The van der Waals surface area contributed by atoms with Gasteiger partial charge in [0.2, 0.25) is 5.91 Å². The normalized spacial score (nSPS) is 14.5. The number of carbonyl (C=O) groups excluding carboxylic acids is 1. The maximum atomic E-state index is 11.8. The molecule has 2 rings (SSSR count). The zero-order valence-electron chi connectivity index (χ0n) is 10.7. The number of benzene rings is 1. The Morgan fingerprint density at radius 3 is 2.67 bits per heavy atom. The number of nitrogens with one attached hydrogen (secondary N) is 1. The number of nitrogens with zero attached hydrogens (tertiary/aromatic N) is 1. The van der Waals surface area contributed by atoms with Crippen LogP contribution >= 0.6 is 0 Å². The zero-order chi connectivity index (χ0) is 13.0. The molecule has 98 valence electrons. The third-order valence-electron chi connectivity index (χ3n) is 3.19. The summed E-state index contributed by atoms with van der Waals surface area (Å²) in [5.41, 5.74) is 1.02. The second-order valence-corrected chi connectivity index (χ2v) is 4.99. The van der Waals surface area contributed by atoms with Gasteiger partial charge in [-0.05, 0) is 43.0 Å². The molecule has 4 nitrogen and oxygen atoms in total. The summed E-state index contributed by atoms with van der Waals surface area (Å²) >= 11 is 0. The van der Waals surface area contributed by atoms with Crippen molar-refractivity contribution >= 4 is 5.91 Å². The van der Waals surface area contributed by atoms with Crippen LogP contribution in [0.3, 0.4) is 0 Å². The molecule has 0 aromatic heterocycles. The molecule has 0 radical (unpaired) electrons. The summed E-state index contributed by atoms with van der Waals surface area (Å²) in [5.74, 6) is 1.14. The summed E-state index contributed by atoms with van der Waals surface area (Å²) in [6.45, 7) is 1.94. The van der Waals surface area contributed by atoms with Crippen molar-refractivity contribution in [1.82, 2.24) is 10.2 Å². The summed E-state index contributed by atoms with van der Waals surface area (Å²) in [5, 5.41) is 12.4. The maximum Gasteiger partial charge on any atom is 0.236 e. The molecule has 0 bridgehead atoms. The number of amides is 1. The quantitative estimate of drug-likeness (QED) is 0.799. The van der Waals surface area contributed by atoms with Crippen molar-refractivity contribution in [3.63, 3.8) is 0 Å². The molecular formula is C14H20N2O2. The molecule has 1 aliphatic rings. The zero-order valence-corrected chi connectivity index (χ0v) is 10.7. The molecule has 1 aromatic rings. The largest absolute Gasteiger partial charge is 0.508 e. The van der Waals surface area contributed by atoms with Crippen molar-refractivity contribution in [2.24, 2.45) is 5.92 Å². The summed E-state index contributed by atoms with van der Waals surface area (Å²) in [7, 11) is 1.80. The molecule has 4 heteroatoms. The third kappa shape index (κ3) is 4.04. The van der Waals surface area contributed by atoms with Gasteiger partial charge in [-0.15, -0.1) is 0 Å². The highest BCUT2D eigenvalue weighted by molar-refractivity contribution is 5.77. The van der Waals surface area contributed by atoms with Gasteiger partial charge in [-0.25, -0.2) is 0 Å². The predicted molar refractivity (Wildman–Crippen MR) is 70.2 cm³/mol. The molecule has 18 heavy (non-hydrogen) atoms. The Bertz CT molecular complexity index is 399. The summed E-state index contributed by atoms with van der Waals surface area (Å²) in [6.07, 6.45) is 2.59. The summed E-state index contributed by atoms with van der Waals surface area (Å²) in [6, 6.07) is 6.94. The number of hydrogen-bond acceptors (Lipinski definition) is 3. The van der Waals surface area contributed by atoms with Gasteiger partial charge in [-0.3, -0.25) is 4.79 Å². The molecule has 1 fully saturated rings. The van der Waals surface area contributed by atoms with Crippen LogP contribution in [-0.4, -0.2) is 36.1 Å². The minimum absolute atomic E-state index is 0.101. The summed E-state index contributed by atoms with van der Waals surface area (Å²) < 4.78 is 0. The number of rotatable bonds is 6. The van der Waals surface area contributed by atoms with E-state index >= 15 is 0 Å². The predicted octanol–water partition coefficient (Wildman–Crippen LogP) is 1.35. The second-order valence-electron chi connectivity index (χ2n) is 4.99. The first-order chi connectivity index (χ1) is 8.65. The van der Waals surface area contributed by atoms with Gasteiger partial charge in [-0.2, -0.15) is 0 Å². The number of hydrogen-bond donors (Lipinski definition) is 2. The Balaban J connectivity index is 1.73. The Labute approximate surface area is 108 Å². The fourth-order valence-corrected chi connectivity index (χ4v) is 1.80. The van der Waals surface area contributed by atoms with Crippen LogP contribution in [0.2, 0.25) is 0 Å². The van der Waals surface area contributed by atoms with Gasteiger partial charge >= 0.3 is 0 Å². The lowest BCUT2D eigenvalue weighted by atomic mass is 10.2. The van der Waals surface area contributed by atoms with Gasteiger partial charge in [-0.1, -0.05) is 12.1 Å². The van der Waals surface area contributed by atoms with E-state index in [2.05, 4.69) is 5.32 Å². The van der Waals surface area contributed by atoms with Gasteiger partial charge in [0.05, 0.1) is 6.54 Å². The second kappa shape index (κ2) is 5.87. The monoisotopic (exact) mass is 248 g/mol. The van der Waals surface area contributed by atoms with Crippen molar-refractivity contribution in [2.75, 3.05) is 20.1 Å². The van der Waals surface area contributed by atoms with E-state index in [9.17, 15) is 9.90 Å². The van der Waals surface area contributed by atoms with E-state index in [-0.39, 0.29) is 11.7 Å². The van der Waals surface area contributed by atoms with Crippen LogP contribution in [0.15, 0.2) is 24.3 Å². The molecule has 0 aliphatic heterocycles. The van der Waals surface area contributed by atoms with E-state index in [0.717, 1.165) is 18.0 Å². The highest BCUT2D eigenvalue weighted by atomic mass is 16.3. The molecule has 2 N–H and O–H groups in total. The van der Waals surface area contributed by atoms with E-state index in [4.69, 9.17) is 0 Å². The van der Waals surface area contributed by atoms with Gasteiger partial charge in [0.15, 0.2) is 0 Å². The highest BCUT2D eigenvalue weighted by Gasteiger charge is 2.20. The number of phenolic OH excluding ortho intramolecular Hbond substituents is 1. The van der Waals surface area contributed by atoms with Crippen LogP contribution < -0.4 is 5.32 Å². The van der Waals surface area contributed by atoms with Crippen LogP contribution in [-0.2, 0) is 11.3 Å².